The summed E-state index contributed by atoms with van der Waals surface area (Å²) < 4.78 is 25.0. The summed E-state index contributed by atoms with van der Waals surface area (Å²) in [4.78, 5) is 10.3. The highest BCUT2D eigenvalue weighted by molar-refractivity contribution is 7.90. The predicted octanol–water partition coefficient (Wildman–Crippen LogP) is 1.15. The van der Waals surface area contributed by atoms with Crippen molar-refractivity contribution in [1.29, 1.82) is 0 Å². The van der Waals surface area contributed by atoms with Crippen LogP contribution in [0.4, 0.5) is 5.95 Å². The van der Waals surface area contributed by atoms with E-state index in [1.165, 1.54) is 0 Å². The highest BCUT2D eigenvalue weighted by atomic mass is 32.2. The van der Waals surface area contributed by atoms with Gasteiger partial charge >= 0.3 is 0 Å². The normalized spacial score (nSPS) is 11.9. The standard InChI is InChI=1S/C12H19N5O2S/c1-4-8-16(9-5-2)12-15-11(20(3,18)19)14-10-6-7-13-17(10)12/h6-7H,4-5,8-9H2,1-3H3. The Bertz CT molecular complexity index is 689. The fourth-order valence-corrected chi connectivity index (χ4v) is 2.52. The summed E-state index contributed by atoms with van der Waals surface area (Å²) in [7, 11) is -3.45. The van der Waals surface area contributed by atoms with E-state index in [9.17, 15) is 8.42 Å². The Balaban J connectivity index is 2.62. The molecule has 0 saturated heterocycles. The van der Waals surface area contributed by atoms with Crippen LogP contribution in [0.15, 0.2) is 17.4 Å². The summed E-state index contributed by atoms with van der Waals surface area (Å²) in [6, 6.07) is 1.68. The zero-order valence-electron chi connectivity index (χ0n) is 11.9. The van der Waals surface area contributed by atoms with Gasteiger partial charge in [0.1, 0.15) is 0 Å². The van der Waals surface area contributed by atoms with Crippen molar-refractivity contribution in [2.45, 2.75) is 31.8 Å². The molecule has 0 aliphatic rings. The summed E-state index contributed by atoms with van der Waals surface area (Å²) in [5.74, 6) is 0.532. The molecule has 7 nitrogen and oxygen atoms in total. The molecule has 0 aromatic carbocycles. The fourth-order valence-electron chi connectivity index (χ4n) is 2.01. The molecule has 2 heterocycles. The molecule has 0 N–H and O–H groups in total. The fraction of sp³-hybridized carbons (Fsp3) is 0.583. The number of hydrogen-bond donors (Lipinski definition) is 0. The molecule has 0 aliphatic carbocycles. The van der Waals surface area contributed by atoms with E-state index in [1.807, 2.05) is 4.90 Å². The van der Waals surface area contributed by atoms with Gasteiger partial charge in [-0.1, -0.05) is 13.8 Å². The van der Waals surface area contributed by atoms with E-state index in [-0.39, 0.29) is 5.16 Å². The molecule has 110 valence electrons. The first-order valence-corrected chi connectivity index (χ1v) is 8.53. The Hall–Kier alpha value is -1.70. The molecule has 20 heavy (non-hydrogen) atoms. The van der Waals surface area contributed by atoms with Crippen molar-refractivity contribution in [3.05, 3.63) is 12.3 Å². The van der Waals surface area contributed by atoms with Crippen LogP contribution in [0.25, 0.3) is 5.65 Å². The van der Waals surface area contributed by atoms with Gasteiger partial charge in [0.2, 0.25) is 15.8 Å². The summed E-state index contributed by atoms with van der Waals surface area (Å²) in [5.41, 5.74) is 0.493. The number of hydrogen-bond acceptors (Lipinski definition) is 6. The van der Waals surface area contributed by atoms with Gasteiger partial charge in [0, 0.05) is 25.4 Å². The maximum absolute atomic E-state index is 11.7. The second kappa shape index (κ2) is 5.74. The second-order valence-corrected chi connectivity index (χ2v) is 6.58. The van der Waals surface area contributed by atoms with Crippen molar-refractivity contribution >= 4 is 21.4 Å². The first-order chi connectivity index (χ1) is 9.47. The quantitative estimate of drug-likeness (QED) is 0.796. The van der Waals surface area contributed by atoms with Crippen molar-refractivity contribution in [3.8, 4) is 0 Å². The molecule has 0 fully saturated rings. The number of fused-ring (bicyclic) bond motifs is 1. The lowest BCUT2D eigenvalue weighted by Gasteiger charge is -2.22. The van der Waals surface area contributed by atoms with Gasteiger partial charge in [0.15, 0.2) is 5.65 Å². The van der Waals surface area contributed by atoms with Crippen molar-refractivity contribution in [2.75, 3.05) is 24.2 Å². The van der Waals surface area contributed by atoms with E-state index < -0.39 is 9.84 Å². The minimum Gasteiger partial charge on any atom is -0.341 e. The monoisotopic (exact) mass is 297 g/mol. The molecule has 0 amide bonds. The van der Waals surface area contributed by atoms with Crippen LogP contribution in [-0.4, -0.2) is 47.3 Å². The Morgan fingerprint density at radius 2 is 1.85 bits per heavy atom. The Morgan fingerprint density at radius 3 is 2.40 bits per heavy atom. The minimum absolute atomic E-state index is 0.155. The van der Waals surface area contributed by atoms with E-state index in [4.69, 9.17) is 0 Å². The number of rotatable bonds is 6. The van der Waals surface area contributed by atoms with Gasteiger partial charge in [0.05, 0.1) is 6.20 Å². The third-order valence-electron chi connectivity index (χ3n) is 2.82. The number of nitrogens with zero attached hydrogens (tertiary/aromatic N) is 5. The van der Waals surface area contributed by atoms with Crippen molar-refractivity contribution in [1.82, 2.24) is 19.6 Å². The third-order valence-corrected chi connectivity index (χ3v) is 3.67. The van der Waals surface area contributed by atoms with Crippen molar-refractivity contribution in [2.24, 2.45) is 0 Å². The van der Waals surface area contributed by atoms with E-state index >= 15 is 0 Å². The lowest BCUT2D eigenvalue weighted by atomic mass is 10.4. The molecule has 0 atom stereocenters. The molecule has 2 rings (SSSR count). The van der Waals surface area contributed by atoms with E-state index in [0.717, 1.165) is 32.2 Å². The van der Waals surface area contributed by atoms with Gasteiger partial charge in [-0.3, -0.25) is 0 Å². The van der Waals surface area contributed by atoms with Crippen LogP contribution >= 0.6 is 0 Å². The SMILES string of the molecule is CCCN(CCC)c1nc(S(C)(=O)=O)nc2ccnn12. The van der Waals surface area contributed by atoms with Gasteiger partial charge < -0.3 is 4.90 Å². The first kappa shape index (κ1) is 14.7. The number of sulfone groups is 1. The summed E-state index contributed by atoms with van der Waals surface area (Å²) in [6.07, 6.45) is 4.60. The average molecular weight is 297 g/mol. The molecule has 0 spiro atoms. The highest BCUT2D eigenvalue weighted by Crippen LogP contribution is 2.16. The molecular weight excluding hydrogens is 278 g/mol. The molecule has 0 bridgehead atoms. The van der Waals surface area contributed by atoms with Crippen LogP contribution in [-0.2, 0) is 9.84 Å². The summed E-state index contributed by atoms with van der Waals surface area (Å²) in [6.45, 7) is 5.73. The first-order valence-electron chi connectivity index (χ1n) is 6.64. The summed E-state index contributed by atoms with van der Waals surface area (Å²) >= 11 is 0. The van der Waals surface area contributed by atoms with Gasteiger partial charge in [0.25, 0.3) is 5.16 Å². The van der Waals surface area contributed by atoms with E-state index in [0.29, 0.717) is 11.6 Å². The van der Waals surface area contributed by atoms with Crippen molar-refractivity contribution in [3.63, 3.8) is 0 Å². The lowest BCUT2D eigenvalue weighted by Crippen LogP contribution is -2.29. The smallest absolute Gasteiger partial charge is 0.252 e. The van der Waals surface area contributed by atoms with Gasteiger partial charge in [-0.2, -0.15) is 19.6 Å². The minimum atomic E-state index is -3.45. The Labute approximate surface area is 118 Å². The molecule has 0 unspecified atom stereocenters. The van der Waals surface area contributed by atoms with Crippen LogP contribution in [0.5, 0.6) is 0 Å². The molecule has 2 aromatic heterocycles. The number of aromatic nitrogens is 4. The molecular formula is C12H19N5O2S. The second-order valence-electron chi connectivity index (χ2n) is 4.67. The highest BCUT2D eigenvalue weighted by Gasteiger charge is 2.19. The maximum atomic E-state index is 11.7. The largest absolute Gasteiger partial charge is 0.341 e. The summed E-state index contributed by atoms with van der Waals surface area (Å²) in [5, 5.41) is 4.03. The third kappa shape index (κ3) is 2.90. The van der Waals surface area contributed by atoms with Crippen LogP contribution in [0, 0.1) is 0 Å². The average Bonchev–Trinajstić information content (AvgIpc) is 2.84. The van der Waals surface area contributed by atoms with Gasteiger partial charge in [-0.15, -0.1) is 0 Å². The zero-order valence-corrected chi connectivity index (χ0v) is 12.8. The Morgan fingerprint density at radius 1 is 1.20 bits per heavy atom. The zero-order chi connectivity index (χ0) is 14.8. The van der Waals surface area contributed by atoms with Crippen LogP contribution < -0.4 is 4.90 Å². The molecule has 0 aliphatic heterocycles. The molecule has 0 radical (unpaired) electrons. The molecule has 2 aromatic rings. The van der Waals surface area contributed by atoms with E-state index in [2.05, 4.69) is 28.9 Å². The van der Waals surface area contributed by atoms with Crippen LogP contribution in [0.1, 0.15) is 26.7 Å². The van der Waals surface area contributed by atoms with Gasteiger partial charge in [-0.05, 0) is 12.8 Å². The topological polar surface area (TPSA) is 80.5 Å². The maximum Gasteiger partial charge on any atom is 0.252 e. The van der Waals surface area contributed by atoms with Crippen LogP contribution in [0.2, 0.25) is 0 Å². The molecule has 8 heteroatoms. The lowest BCUT2D eigenvalue weighted by molar-refractivity contribution is 0.589. The van der Waals surface area contributed by atoms with Crippen molar-refractivity contribution < 1.29 is 8.42 Å². The Kier molecular flexibility index (Phi) is 4.22. The van der Waals surface area contributed by atoms with E-state index in [1.54, 1.807) is 16.8 Å². The molecule has 0 saturated carbocycles. The van der Waals surface area contributed by atoms with Crippen LogP contribution in [0.3, 0.4) is 0 Å². The number of anilines is 1. The predicted molar refractivity (Wildman–Crippen MR) is 76.7 cm³/mol. The van der Waals surface area contributed by atoms with Gasteiger partial charge in [-0.25, -0.2) is 8.42 Å².